The second kappa shape index (κ2) is 69.8. The highest BCUT2D eigenvalue weighted by molar-refractivity contribution is 5.71. The lowest BCUT2D eigenvalue weighted by molar-refractivity contribution is -0.167. The average molecular weight is 1140 g/mol. The summed E-state index contributed by atoms with van der Waals surface area (Å²) in [6.45, 7) is 6.42. The van der Waals surface area contributed by atoms with E-state index in [-0.39, 0.29) is 31.1 Å². The summed E-state index contributed by atoms with van der Waals surface area (Å²) in [5.41, 5.74) is 0. The molecule has 0 aliphatic heterocycles. The van der Waals surface area contributed by atoms with Crippen LogP contribution in [0.4, 0.5) is 0 Å². The van der Waals surface area contributed by atoms with Gasteiger partial charge in [0.05, 0.1) is 0 Å². The first-order valence-corrected chi connectivity index (χ1v) is 35.2. The molecule has 0 rings (SSSR count). The minimum atomic E-state index is -0.789. The van der Waals surface area contributed by atoms with E-state index in [1.165, 1.54) is 180 Å². The van der Waals surface area contributed by atoms with Gasteiger partial charge >= 0.3 is 17.9 Å². The summed E-state index contributed by atoms with van der Waals surface area (Å²) in [6, 6.07) is 0. The number of ether oxygens (including phenoxy) is 3. The van der Waals surface area contributed by atoms with Crippen LogP contribution in [0.25, 0.3) is 0 Å². The van der Waals surface area contributed by atoms with E-state index in [4.69, 9.17) is 14.2 Å². The Hall–Kier alpha value is -3.67. The summed E-state index contributed by atoms with van der Waals surface area (Å²) >= 11 is 0. The van der Waals surface area contributed by atoms with Crippen LogP contribution >= 0.6 is 0 Å². The molecule has 0 aliphatic carbocycles. The third-order valence-corrected chi connectivity index (χ3v) is 15.3. The van der Waals surface area contributed by atoms with Crippen LogP contribution in [0.2, 0.25) is 0 Å². The van der Waals surface area contributed by atoms with Crippen molar-refractivity contribution < 1.29 is 28.6 Å². The zero-order valence-electron chi connectivity index (χ0n) is 54.2. The van der Waals surface area contributed by atoms with Gasteiger partial charge in [-0.2, -0.15) is 0 Å². The van der Waals surface area contributed by atoms with Crippen LogP contribution in [0.5, 0.6) is 0 Å². The maximum absolute atomic E-state index is 12.9. The number of carbonyl (C=O) groups is 3. The first-order valence-electron chi connectivity index (χ1n) is 35.2. The second-order valence-electron chi connectivity index (χ2n) is 23.4. The molecule has 6 nitrogen and oxygen atoms in total. The lowest BCUT2D eigenvalue weighted by Crippen LogP contribution is -2.30. The van der Waals surface area contributed by atoms with Gasteiger partial charge in [0.2, 0.25) is 0 Å². The Morgan fingerprint density at radius 2 is 0.476 bits per heavy atom. The van der Waals surface area contributed by atoms with Crippen molar-refractivity contribution in [3.8, 4) is 0 Å². The molecule has 0 aromatic heterocycles. The van der Waals surface area contributed by atoms with E-state index in [9.17, 15) is 14.4 Å². The molecule has 0 bridgehead atoms. The minimum absolute atomic E-state index is 0.0831. The third kappa shape index (κ3) is 67.1. The summed E-state index contributed by atoms with van der Waals surface area (Å²) < 4.78 is 16.9. The summed E-state index contributed by atoms with van der Waals surface area (Å²) in [5.74, 6) is -0.893. The van der Waals surface area contributed by atoms with Crippen LogP contribution in [-0.2, 0) is 28.6 Å². The lowest BCUT2D eigenvalue weighted by Gasteiger charge is -2.18. The Balaban J connectivity index is 4.11. The van der Waals surface area contributed by atoms with Gasteiger partial charge in [-0.1, -0.05) is 311 Å². The SMILES string of the molecule is CC/C=C\C/C=C\C/C=C\C/C=C\CCCCCCCCCCCCCCCCCCCCCCCCC(=O)OCC(COC(=O)CCCCCCC/C=C\CCCCCCC)OC(=O)CCCCCCC/C=C\C/C=C\C/C=C\CC. The fourth-order valence-electron chi connectivity index (χ4n) is 10.1. The molecule has 0 N–H and O–H groups in total. The van der Waals surface area contributed by atoms with E-state index in [0.717, 1.165) is 128 Å². The van der Waals surface area contributed by atoms with Gasteiger partial charge in [-0.05, 0) is 116 Å². The number of carbonyl (C=O) groups excluding carboxylic acids is 3. The van der Waals surface area contributed by atoms with Crippen LogP contribution in [-0.4, -0.2) is 37.2 Å². The van der Waals surface area contributed by atoms with Crippen molar-refractivity contribution in [3.63, 3.8) is 0 Å². The van der Waals surface area contributed by atoms with Gasteiger partial charge in [0.15, 0.2) is 6.10 Å². The van der Waals surface area contributed by atoms with Gasteiger partial charge in [0.1, 0.15) is 13.2 Å². The third-order valence-electron chi connectivity index (χ3n) is 15.3. The zero-order valence-corrected chi connectivity index (χ0v) is 54.2. The Labute approximate surface area is 508 Å². The van der Waals surface area contributed by atoms with Gasteiger partial charge in [-0.3, -0.25) is 14.4 Å². The van der Waals surface area contributed by atoms with Crippen LogP contribution in [0.15, 0.2) is 97.2 Å². The van der Waals surface area contributed by atoms with Gasteiger partial charge < -0.3 is 14.2 Å². The van der Waals surface area contributed by atoms with Crippen molar-refractivity contribution in [2.45, 2.75) is 354 Å². The fourth-order valence-corrected chi connectivity index (χ4v) is 10.1. The first kappa shape index (κ1) is 78.3. The van der Waals surface area contributed by atoms with Gasteiger partial charge in [-0.25, -0.2) is 0 Å². The predicted octanol–water partition coefficient (Wildman–Crippen LogP) is 24.4. The van der Waals surface area contributed by atoms with E-state index in [0.29, 0.717) is 19.3 Å². The fraction of sp³-hybridized carbons (Fsp3) is 0.750. The Morgan fingerprint density at radius 1 is 0.256 bits per heavy atom. The molecule has 0 aromatic rings. The highest BCUT2D eigenvalue weighted by Crippen LogP contribution is 2.18. The van der Waals surface area contributed by atoms with Gasteiger partial charge in [0, 0.05) is 19.3 Å². The molecule has 0 radical (unpaired) electrons. The topological polar surface area (TPSA) is 78.9 Å². The quantitative estimate of drug-likeness (QED) is 0.0261. The Bertz CT molecular complexity index is 1590. The molecule has 1 unspecified atom stereocenters. The van der Waals surface area contributed by atoms with Crippen molar-refractivity contribution in [3.05, 3.63) is 97.2 Å². The number of unbranched alkanes of at least 4 members (excludes halogenated alkanes) is 37. The molecule has 0 fully saturated rings. The zero-order chi connectivity index (χ0) is 59.2. The van der Waals surface area contributed by atoms with Crippen molar-refractivity contribution in [1.82, 2.24) is 0 Å². The second-order valence-corrected chi connectivity index (χ2v) is 23.4. The molecule has 0 amide bonds. The number of allylic oxidation sites excluding steroid dienone is 16. The highest BCUT2D eigenvalue weighted by atomic mass is 16.6. The molecule has 82 heavy (non-hydrogen) atoms. The van der Waals surface area contributed by atoms with Crippen molar-refractivity contribution in [2.75, 3.05) is 13.2 Å². The maximum Gasteiger partial charge on any atom is 0.306 e. The molecule has 472 valence electrons. The van der Waals surface area contributed by atoms with Crippen molar-refractivity contribution in [1.29, 1.82) is 0 Å². The number of hydrogen-bond acceptors (Lipinski definition) is 6. The average Bonchev–Trinajstić information content (AvgIpc) is 3.48. The summed E-state index contributed by atoms with van der Waals surface area (Å²) in [4.78, 5) is 38.3. The van der Waals surface area contributed by atoms with Crippen LogP contribution in [0.3, 0.4) is 0 Å². The summed E-state index contributed by atoms with van der Waals surface area (Å²) in [7, 11) is 0. The first-order chi connectivity index (χ1) is 40.5. The Kier molecular flexibility index (Phi) is 66.7. The predicted molar refractivity (Wildman–Crippen MR) is 357 cm³/mol. The molecule has 0 saturated carbocycles. The number of rotatable bonds is 64. The van der Waals surface area contributed by atoms with E-state index >= 15 is 0 Å². The van der Waals surface area contributed by atoms with Gasteiger partial charge in [-0.15, -0.1) is 0 Å². The largest absolute Gasteiger partial charge is 0.462 e. The lowest BCUT2D eigenvalue weighted by atomic mass is 10.0. The van der Waals surface area contributed by atoms with E-state index in [2.05, 4.69) is 118 Å². The smallest absolute Gasteiger partial charge is 0.306 e. The molecule has 0 aliphatic rings. The molecule has 1 atom stereocenters. The van der Waals surface area contributed by atoms with Crippen LogP contribution in [0.1, 0.15) is 348 Å². The molecule has 0 aromatic carbocycles. The molecule has 0 spiro atoms. The minimum Gasteiger partial charge on any atom is -0.462 e. The monoisotopic (exact) mass is 1140 g/mol. The highest BCUT2D eigenvalue weighted by Gasteiger charge is 2.19. The van der Waals surface area contributed by atoms with E-state index < -0.39 is 6.10 Å². The standard InChI is InChI=1S/C76H132O6/c1-4-7-10-13-16-19-22-25-28-29-30-31-32-33-34-35-36-37-38-39-40-41-42-43-44-45-46-47-49-51-54-57-60-63-66-69-75(78)81-72-73(71-80-74(77)68-65-62-59-56-53-50-27-24-21-18-15-12-9-6-3)82-76(79)70-67-64-61-58-55-52-48-26-23-20-17-14-11-8-5-2/h7-8,10-11,16-17,19-20,24-28,30-31,48,73H,4-6,9,12-15,18,21-23,29,32-47,49-72H2,1-3H3/b10-7-,11-8-,19-16-,20-17-,27-24-,28-25-,31-30-,48-26-. The van der Waals surface area contributed by atoms with Gasteiger partial charge in [0.25, 0.3) is 0 Å². The Morgan fingerprint density at radius 3 is 0.756 bits per heavy atom. The normalized spacial score (nSPS) is 12.7. The van der Waals surface area contributed by atoms with Crippen LogP contribution in [0, 0.1) is 0 Å². The number of hydrogen-bond donors (Lipinski definition) is 0. The summed E-state index contributed by atoms with van der Waals surface area (Å²) in [6.07, 6.45) is 94.5. The molecule has 6 heteroatoms. The molecular weight excluding hydrogens is 1010 g/mol. The maximum atomic E-state index is 12.9. The summed E-state index contributed by atoms with van der Waals surface area (Å²) in [5, 5.41) is 0. The van der Waals surface area contributed by atoms with Crippen molar-refractivity contribution >= 4 is 17.9 Å². The molecule has 0 heterocycles. The molecule has 0 saturated heterocycles. The van der Waals surface area contributed by atoms with E-state index in [1.807, 2.05) is 0 Å². The van der Waals surface area contributed by atoms with Crippen molar-refractivity contribution in [2.24, 2.45) is 0 Å². The van der Waals surface area contributed by atoms with Crippen LogP contribution < -0.4 is 0 Å². The van der Waals surface area contributed by atoms with E-state index in [1.54, 1.807) is 0 Å². The molecular formula is C76H132O6. The number of esters is 3.